The van der Waals surface area contributed by atoms with Gasteiger partial charge in [0, 0.05) is 17.9 Å². The van der Waals surface area contributed by atoms with Crippen molar-refractivity contribution >= 4 is 23.2 Å². The highest BCUT2D eigenvalue weighted by atomic mass is 16.2. The summed E-state index contributed by atoms with van der Waals surface area (Å²) in [5.41, 5.74) is 3.02. The van der Waals surface area contributed by atoms with E-state index in [1.165, 1.54) is 0 Å². The van der Waals surface area contributed by atoms with E-state index < -0.39 is 5.41 Å². The monoisotopic (exact) mass is 364 g/mol. The molecular formula is C23H28N2O2. The minimum atomic E-state index is -0.933. The van der Waals surface area contributed by atoms with E-state index in [9.17, 15) is 9.59 Å². The number of hydrogen-bond acceptors (Lipinski definition) is 2. The summed E-state index contributed by atoms with van der Waals surface area (Å²) in [6.07, 6.45) is 2.90. The van der Waals surface area contributed by atoms with Gasteiger partial charge in [-0.15, -0.1) is 0 Å². The van der Waals surface area contributed by atoms with Gasteiger partial charge in [0.1, 0.15) is 5.41 Å². The molecule has 27 heavy (non-hydrogen) atoms. The molecule has 0 saturated heterocycles. The van der Waals surface area contributed by atoms with Crippen molar-refractivity contribution in [2.24, 2.45) is 5.41 Å². The standard InChI is InChI=1S/C23H28N2O2/c1-4-17-11-10-12-18(5-2)20(17)24-21(26)23(15-16-23)22(27)25(6-3)19-13-8-7-9-14-19/h7-14H,4-6,15-16H2,1-3H3,(H,24,26). The predicted molar refractivity (Wildman–Crippen MR) is 110 cm³/mol. The van der Waals surface area contributed by atoms with Gasteiger partial charge >= 0.3 is 0 Å². The number of nitrogens with one attached hydrogen (secondary N) is 1. The molecule has 0 atom stereocenters. The Balaban J connectivity index is 1.86. The number of rotatable bonds is 7. The van der Waals surface area contributed by atoms with Gasteiger partial charge in [-0.25, -0.2) is 0 Å². The first-order valence-corrected chi connectivity index (χ1v) is 9.86. The smallest absolute Gasteiger partial charge is 0.242 e. The van der Waals surface area contributed by atoms with E-state index in [1.54, 1.807) is 4.90 Å². The Bertz CT molecular complexity index is 803. The maximum absolute atomic E-state index is 13.3. The van der Waals surface area contributed by atoms with Crippen molar-refractivity contribution < 1.29 is 9.59 Å². The average molecular weight is 364 g/mol. The molecule has 0 bridgehead atoms. The summed E-state index contributed by atoms with van der Waals surface area (Å²) < 4.78 is 0. The molecule has 0 radical (unpaired) electrons. The van der Waals surface area contributed by atoms with Crippen LogP contribution in [0.15, 0.2) is 48.5 Å². The molecule has 0 aromatic heterocycles. The average Bonchev–Trinajstić information content (AvgIpc) is 3.51. The molecule has 0 heterocycles. The molecule has 0 spiro atoms. The molecule has 0 unspecified atom stereocenters. The molecule has 3 rings (SSSR count). The third-order valence-electron chi connectivity index (χ3n) is 5.46. The lowest BCUT2D eigenvalue weighted by Crippen LogP contribution is -2.43. The molecule has 142 valence electrons. The number of carbonyl (C=O) groups is 2. The van der Waals surface area contributed by atoms with Crippen LogP contribution in [-0.2, 0) is 22.4 Å². The molecular weight excluding hydrogens is 336 g/mol. The van der Waals surface area contributed by atoms with Gasteiger partial charge in [0.15, 0.2) is 0 Å². The molecule has 2 aromatic rings. The SMILES string of the molecule is CCc1cccc(CC)c1NC(=O)C1(C(=O)N(CC)c2ccccc2)CC1. The summed E-state index contributed by atoms with van der Waals surface area (Å²) >= 11 is 0. The largest absolute Gasteiger partial charge is 0.325 e. The van der Waals surface area contributed by atoms with Crippen molar-refractivity contribution in [1.82, 2.24) is 0 Å². The van der Waals surface area contributed by atoms with Crippen molar-refractivity contribution in [2.45, 2.75) is 46.5 Å². The number of aryl methyl sites for hydroxylation is 2. The van der Waals surface area contributed by atoms with Gasteiger partial charge in [-0.3, -0.25) is 9.59 Å². The van der Waals surface area contributed by atoms with Gasteiger partial charge in [-0.1, -0.05) is 50.2 Å². The maximum atomic E-state index is 13.3. The molecule has 1 aliphatic carbocycles. The van der Waals surface area contributed by atoms with Gasteiger partial charge in [-0.2, -0.15) is 0 Å². The number of carbonyl (C=O) groups excluding carboxylic acids is 2. The van der Waals surface area contributed by atoms with Gasteiger partial charge in [0.25, 0.3) is 0 Å². The van der Waals surface area contributed by atoms with Gasteiger partial charge < -0.3 is 10.2 Å². The molecule has 1 fully saturated rings. The second-order valence-electron chi connectivity index (χ2n) is 7.08. The number of para-hydroxylation sites is 2. The van der Waals surface area contributed by atoms with Crippen molar-refractivity contribution in [1.29, 1.82) is 0 Å². The van der Waals surface area contributed by atoms with Crippen LogP contribution < -0.4 is 10.2 Å². The number of hydrogen-bond donors (Lipinski definition) is 1. The number of nitrogens with zero attached hydrogens (tertiary/aromatic N) is 1. The zero-order chi connectivity index (χ0) is 19.4. The first-order chi connectivity index (χ1) is 13.1. The first-order valence-electron chi connectivity index (χ1n) is 9.86. The quantitative estimate of drug-likeness (QED) is 0.731. The second-order valence-corrected chi connectivity index (χ2v) is 7.08. The van der Waals surface area contributed by atoms with Crippen LogP contribution in [0.25, 0.3) is 0 Å². The van der Waals surface area contributed by atoms with Crippen LogP contribution in [0.1, 0.15) is 44.7 Å². The summed E-state index contributed by atoms with van der Waals surface area (Å²) in [6, 6.07) is 15.7. The fourth-order valence-corrected chi connectivity index (χ4v) is 3.61. The zero-order valence-electron chi connectivity index (χ0n) is 16.4. The van der Waals surface area contributed by atoms with Crippen LogP contribution in [0.2, 0.25) is 0 Å². The van der Waals surface area contributed by atoms with Crippen LogP contribution in [0.3, 0.4) is 0 Å². The summed E-state index contributed by atoms with van der Waals surface area (Å²) in [6.45, 7) is 6.65. The summed E-state index contributed by atoms with van der Waals surface area (Å²) in [7, 11) is 0. The summed E-state index contributed by atoms with van der Waals surface area (Å²) in [4.78, 5) is 28.2. The van der Waals surface area contributed by atoms with Crippen LogP contribution >= 0.6 is 0 Å². The van der Waals surface area contributed by atoms with E-state index >= 15 is 0 Å². The topological polar surface area (TPSA) is 49.4 Å². The first kappa shape index (κ1) is 19.2. The molecule has 1 saturated carbocycles. The van der Waals surface area contributed by atoms with Crippen molar-refractivity contribution in [2.75, 3.05) is 16.8 Å². The molecule has 2 amide bonds. The summed E-state index contributed by atoms with van der Waals surface area (Å²) in [5, 5.41) is 3.11. The highest BCUT2D eigenvalue weighted by Crippen LogP contribution is 2.49. The minimum Gasteiger partial charge on any atom is -0.325 e. The Morgan fingerprint density at radius 2 is 1.52 bits per heavy atom. The number of amides is 2. The molecule has 0 aliphatic heterocycles. The highest BCUT2D eigenvalue weighted by molar-refractivity contribution is 6.18. The fourth-order valence-electron chi connectivity index (χ4n) is 3.61. The van der Waals surface area contributed by atoms with Crippen molar-refractivity contribution in [3.8, 4) is 0 Å². The van der Waals surface area contributed by atoms with E-state index in [0.29, 0.717) is 19.4 Å². The molecule has 4 heteroatoms. The van der Waals surface area contributed by atoms with Crippen LogP contribution in [0, 0.1) is 5.41 Å². The molecule has 2 aromatic carbocycles. The van der Waals surface area contributed by atoms with Gasteiger partial charge in [-0.05, 0) is 55.9 Å². The van der Waals surface area contributed by atoms with Crippen molar-refractivity contribution in [3.05, 3.63) is 59.7 Å². The Morgan fingerprint density at radius 1 is 0.926 bits per heavy atom. The summed E-state index contributed by atoms with van der Waals surface area (Å²) in [5.74, 6) is -0.266. The molecule has 1 N–H and O–H groups in total. The molecule has 4 nitrogen and oxygen atoms in total. The Kier molecular flexibility index (Phi) is 5.64. The van der Waals surface area contributed by atoms with Gasteiger partial charge in [0.05, 0.1) is 0 Å². The lowest BCUT2D eigenvalue weighted by molar-refractivity contribution is -0.132. The Morgan fingerprint density at radius 3 is 2.00 bits per heavy atom. The van der Waals surface area contributed by atoms with Gasteiger partial charge in [0.2, 0.25) is 11.8 Å². The fraction of sp³-hybridized carbons (Fsp3) is 0.391. The number of anilines is 2. The number of benzene rings is 2. The van der Waals surface area contributed by atoms with E-state index in [2.05, 4.69) is 19.2 Å². The van der Waals surface area contributed by atoms with Crippen molar-refractivity contribution in [3.63, 3.8) is 0 Å². The van der Waals surface area contributed by atoms with Crippen LogP contribution in [0.5, 0.6) is 0 Å². The minimum absolute atomic E-state index is 0.0965. The third kappa shape index (κ3) is 3.61. The Hall–Kier alpha value is -2.62. The lowest BCUT2D eigenvalue weighted by Gasteiger charge is -2.26. The van der Waals surface area contributed by atoms with E-state index in [4.69, 9.17) is 0 Å². The Labute approximate surface area is 161 Å². The predicted octanol–water partition coefficient (Wildman–Crippen LogP) is 4.58. The lowest BCUT2D eigenvalue weighted by atomic mass is 9.99. The maximum Gasteiger partial charge on any atom is 0.242 e. The molecule has 1 aliphatic rings. The van der Waals surface area contributed by atoms with Crippen LogP contribution in [-0.4, -0.2) is 18.4 Å². The van der Waals surface area contributed by atoms with E-state index in [1.807, 2.05) is 55.5 Å². The van der Waals surface area contributed by atoms with E-state index in [0.717, 1.165) is 35.3 Å². The second kappa shape index (κ2) is 7.95. The van der Waals surface area contributed by atoms with Crippen LogP contribution in [0.4, 0.5) is 11.4 Å². The highest BCUT2D eigenvalue weighted by Gasteiger charge is 2.58. The van der Waals surface area contributed by atoms with E-state index in [-0.39, 0.29) is 11.8 Å². The zero-order valence-corrected chi connectivity index (χ0v) is 16.4. The normalized spacial score (nSPS) is 14.5. The third-order valence-corrected chi connectivity index (χ3v) is 5.46.